The lowest BCUT2D eigenvalue weighted by Gasteiger charge is -2.40. The lowest BCUT2D eigenvalue weighted by atomic mass is 9.96. The van der Waals surface area contributed by atoms with Gasteiger partial charge in [-0.15, -0.1) is 10.2 Å². The third-order valence-corrected chi connectivity index (χ3v) is 6.95. The highest BCUT2D eigenvalue weighted by atomic mass is 35.5. The first-order valence-corrected chi connectivity index (χ1v) is 11.9. The molecule has 0 aliphatic carbocycles. The Bertz CT molecular complexity index is 1160. The zero-order valence-electron chi connectivity index (χ0n) is 19.1. The number of carbonyl (C=O) groups is 1. The highest BCUT2D eigenvalue weighted by molar-refractivity contribution is 6.31. The fourth-order valence-electron chi connectivity index (χ4n) is 4.75. The van der Waals surface area contributed by atoms with E-state index in [4.69, 9.17) is 11.6 Å². The van der Waals surface area contributed by atoms with Crippen LogP contribution in [0.25, 0.3) is 5.82 Å². The molecule has 8 nitrogen and oxygen atoms in total. The first kappa shape index (κ1) is 22.6. The third kappa shape index (κ3) is 4.57. The van der Waals surface area contributed by atoms with Crippen LogP contribution in [0.2, 0.25) is 5.02 Å². The van der Waals surface area contributed by atoms with E-state index in [0.717, 1.165) is 42.5 Å². The van der Waals surface area contributed by atoms with Crippen molar-refractivity contribution < 1.29 is 9.18 Å². The maximum Gasteiger partial charge on any atom is 0.227 e. The minimum Gasteiger partial charge on any atom is -0.368 e. The molecule has 2 saturated heterocycles. The average Bonchev–Trinajstić information content (AvgIpc) is 3.31. The molecule has 2 aliphatic rings. The van der Waals surface area contributed by atoms with Gasteiger partial charge in [-0.1, -0.05) is 11.6 Å². The van der Waals surface area contributed by atoms with E-state index in [9.17, 15) is 9.18 Å². The van der Waals surface area contributed by atoms with E-state index in [-0.39, 0.29) is 16.8 Å². The van der Waals surface area contributed by atoms with Crippen LogP contribution < -0.4 is 9.80 Å². The van der Waals surface area contributed by atoms with Crippen molar-refractivity contribution in [2.75, 3.05) is 49.1 Å². The predicted octanol–water partition coefficient (Wildman–Crippen LogP) is 3.33. The van der Waals surface area contributed by atoms with Gasteiger partial charge in [0.05, 0.1) is 10.9 Å². The molecule has 0 N–H and O–H groups in total. The molecule has 0 bridgehead atoms. The second-order valence-electron chi connectivity index (χ2n) is 8.79. The van der Waals surface area contributed by atoms with Crippen LogP contribution in [0.15, 0.2) is 42.7 Å². The molecule has 2 aromatic heterocycles. The zero-order valence-corrected chi connectivity index (χ0v) is 19.8. The van der Waals surface area contributed by atoms with E-state index < -0.39 is 5.82 Å². The van der Waals surface area contributed by atoms with Crippen molar-refractivity contribution in [3.63, 3.8) is 0 Å². The number of nitrogens with zero attached hydrogens (tertiary/aromatic N) is 7. The van der Waals surface area contributed by atoms with Gasteiger partial charge < -0.3 is 14.7 Å². The summed E-state index contributed by atoms with van der Waals surface area (Å²) in [6.07, 6.45) is 5.41. The third-order valence-electron chi connectivity index (χ3n) is 6.66. The number of piperidine rings is 1. The molecule has 34 heavy (non-hydrogen) atoms. The number of hydrogen-bond donors (Lipinski definition) is 0. The number of anilines is 2. The van der Waals surface area contributed by atoms with Crippen molar-refractivity contribution in [2.24, 2.45) is 5.92 Å². The predicted molar refractivity (Wildman–Crippen MR) is 129 cm³/mol. The van der Waals surface area contributed by atoms with E-state index in [0.29, 0.717) is 32.7 Å². The summed E-state index contributed by atoms with van der Waals surface area (Å²) in [5, 5.41) is 8.90. The molecule has 10 heteroatoms. The van der Waals surface area contributed by atoms with E-state index in [1.807, 2.05) is 34.7 Å². The van der Waals surface area contributed by atoms with E-state index in [1.165, 1.54) is 6.07 Å². The molecule has 5 rings (SSSR count). The van der Waals surface area contributed by atoms with Gasteiger partial charge >= 0.3 is 0 Å². The van der Waals surface area contributed by atoms with Crippen LogP contribution in [0.1, 0.15) is 18.7 Å². The molecule has 0 spiro atoms. The molecule has 0 radical (unpaired) electrons. The Morgan fingerprint density at radius 3 is 2.47 bits per heavy atom. The maximum absolute atomic E-state index is 13.5. The summed E-state index contributed by atoms with van der Waals surface area (Å²) in [5.74, 6) is 2.09. The Morgan fingerprint density at radius 1 is 1.03 bits per heavy atom. The van der Waals surface area contributed by atoms with Crippen molar-refractivity contribution in [2.45, 2.75) is 19.8 Å². The van der Waals surface area contributed by atoms with Gasteiger partial charge in [-0.3, -0.25) is 9.36 Å². The SMILES string of the molecule is Cc1nccn1-c1ccc(N2CCCC(C(=O)N3CCN(c4ccc(F)c(Cl)c4)CC3)C2)nn1. The van der Waals surface area contributed by atoms with Gasteiger partial charge in [0.25, 0.3) is 0 Å². The topological polar surface area (TPSA) is 70.4 Å². The van der Waals surface area contributed by atoms with Crippen LogP contribution in [0.5, 0.6) is 0 Å². The second-order valence-corrected chi connectivity index (χ2v) is 9.20. The van der Waals surface area contributed by atoms with Gasteiger partial charge in [-0.25, -0.2) is 9.37 Å². The number of piperazine rings is 1. The molecule has 2 fully saturated rings. The summed E-state index contributed by atoms with van der Waals surface area (Å²) in [6.45, 7) is 6.11. The van der Waals surface area contributed by atoms with E-state index in [1.54, 1.807) is 18.3 Å². The monoisotopic (exact) mass is 483 g/mol. The summed E-state index contributed by atoms with van der Waals surface area (Å²) in [6, 6.07) is 8.66. The fraction of sp³-hybridized carbons (Fsp3) is 0.417. The van der Waals surface area contributed by atoms with Crippen molar-refractivity contribution >= 4 is 29.0 Å². The standard InChI is InChI=1S/C24H27ClFN7O/c1-17-27-8-10-33(17)23-7-6-22(28-29-23)32-9-2-3-18(16-32)24(34)31-13-11-30(12-14-31)19-4-5-21(26)20(25)15-19/h4-8,10,15,18H,2-3,9,11-14,16H2,1H3. The van der Waals surface area contributed by atoms with Gasteiger partial charge in [-0.05, 0) is 50.1 Å². The normalized spacial score (nSPS) is 18.9. The molecular weight excluding hydrogens is 457 g/mol. The van der Waals surface area contributed by atoms with Gasteiger partial charge in [0.1, 0.15) is 11.6 Å². The first-order chi connectivity index (χ1) is 16.5. The van der Waals surface area contributed by atoms with E-state index in [2.05, 4.69) is 25.0 Å². The van der Waals surface area contributed by atoms with Crippen molar-refractivity contribution in [1.29, 1.82) is 0 Å². The smallest absolute Gasteiger partial charge is 0.227 e. The number of halogens is 2. The molecule has 1 amide bonds. The van der Waals surface area contributed by atoms with Gasteiger partial charge in [-0.2, -0.15) is 0 Å². The summed E-state index contributed by atoms with van der Waals surface area (Å²) in [7, 11) is 0. The highest BCUT2D eigenvalue weighted by Gasteiger charge is 2.31. The molecular formula is C24H27ClFN7O. The minimum atomic E-state index is -0.419. The Morgan fingerprint density at radius 2 is 1.79 bits per heavy atom. The molecule has 2 aliphatic heterocycles. The molecule has 1 atom stereocenters. The van der Waals surface area contributed by atoms with Crippen LogP contribution in [0.3, 0.4) is 0 Å². The van der Waals surface area contributed by atoms with Crippen LogP contribution in [0, 0.1) is 18.7 Å². The van der Waals surface area contributed by atoms with Crippen LogP contribution >= 0.6 is 11.6 Å². The summed E-state index contributed by atoms with van der Waals surface area (Å²) >= 11 is 5.93. The number of carbonyl (C=O) groups excluding carboxylic acids is 1. The lowest BCUT2D eigenvalue weighted by Crippen LogP contribution is -2.52. The number of aromatic nitrogens is 4. The summed E-state index contributed by atoms with van der Waals surface area (Å²) in [4.78, 5) is 23.8. The molecule has 1 aromatic carbocycles. The van der Waals surface area contributed by atoms with Crippen molar-refractivity contribution in [3.05, 3.63) is 59.4 Å². The number of aryl methyl sites for hydroxylation is 1. The van der Waals surface area contributed by atoms with Gasteiger partial charge in [0, 0.05) is 57.3 Å². The lowest BCUT2D eigenvalue weighted by molar-refractivity contribution is -0.136. The summed E-state index contributed by atoms with van der Waals surface area (Å²) < 4.78 is 15.4. The highest BCUT2D eigenvalue weighted by Crippen LogP contribution is 2.26. The quantitative estimate of drug-likeness (QED) is 0.567. The van der Waals surface area contributed by atoms with Crippen LogP contribution in [-0.4, -0.2) is 69.8 Å². The van der Waals surface area contributed by atoms with Crippen molar-refractivity contribution in [1.82, 2.24) is 24.6 Å². The summed E-state index contributed by atoms with van der Waals surface area (Å²) in [5.41, 5.74) is 0.884. The number of benzene rings is 1. The number of imidazole rings is 1. The van der Waals surface area contributed by atoms with Crippen molar-refractivity contribution in [3.8, 4) is 5.82 Å². The van der Waals surface area contributed by atoms with Crippen LogP contribution in [-0.2, 0) is 4.79 Å². The maximum atomic E-state index is 13.5. The number of rotatable bonds is 4. The Kier molecular flexibility index (Phi) is 6.36. The molecule has 1 unspecified atom stereocenters. The fourth-order valence-corrected chi connectivity index (χ4v) is 4.92. The Hall–Kier alpha value is -3.20. The molecule has 0 saturated carbocycles. The molecule has 178 valence electrons. The Labute approximate surface area is 203 Å². The number of hydrogen-bond acceptors (Lipinski definition) is 6. The molecule has 3 aromatic rings. The first-order valence-electron chi connectivity index (χ1n) is 11.6. The van der Waals surface area contributed by atoms with E-state index >= 15 is 0 Å². The van der Waals surface area contributed by atoms with Gasteiger partial charge in [0.2, 0.25) is 5.91 Å². The molecule has 4 heterocycles. The Balaban J connectivity index is 1.19. The zero-order chi connectivity index (χ0) is 23.7. The number of amides is 1. The largest absolute Gasteiger partial charge is 0.368 e. The second kappa shape index (κ2) is 9.58. The van der Waals surface area contributed by atoms with Gasteiger partial charge in [0.15, 0.2) is 11.6 Å². The minimum absolute atomic E-state index is 0.0575. The average molecular weight is 484 g/mol. The van der Waals surface area contributed by atoms with Crippen LogP contribution in [0.4, 0.5) is 15.9 Å².